The van der Waals surface area contributed by atoms with E-state index in [4.69, 9.17) is 16.3 Å². The number of ether oxygens (including phenoxy) is 1. The Bertz CT molecular complexity index is 1220. The summed E-state index contributed by atoms with van der Waals surface area (Å²) in [6, 6.07) is 5.26. The van der Waals surface area contributed by atoms with Crippen molar-refractivity contribution in [1.82, 2.24) is 4.57 Å². The molecular weight excluding hydrogens is 430 g/mol. The van der Waals surface area contributed by atoms with Crippen molar-refractivity contribution in [2.75, 3.05) is 7.11 Å². The fourth-order valence-electron chi connectivity index (χ4n) is 3.98. The van der Waals surface area contributed by atoms with Crippen molar-refractivity contribution in [3.05, 3.63) is 57.5 Å². The van der Waals surface area contributed by atoms with Gasteiger partial charge in [0, 0.05) is 35.6 Å². The van der Waals surface area contributed by atoms with E-state index in [9.17, 15) is 14.7 Å². The molecule has 2 heterocycles. The standard InChI is InChI=1S/C24H26ClN3O4/c1-13(11-27-23(25)26-5)15-7-14-8-21(24(2,3)4)28-12-17(22(30)31)19(29)10-18(28)16(14)9-20(15)32-6/h7,9-12,21H,5,8H2,1-4,6H3,(H,30,31)/b13-11+,27-23?. The van der Waals surface area contributed by atoms with E-state index in [1.54, 1.807) is 13.3 Å². The van der Waals surface area contributed by atoms with Crippen LogP contribution in [0.15, 0.2) is 45.4 Å². The third kappa shape index (κ3) is 4.39. The molecule has 7 nitrogen and oxygen atoms in total. The summed E-state index contributed by atoms with van der Waals surface area (Å²) >= 11 is 5.83. The Kier molecular flexibility index (Phi) is 6.41. The van der Waals surface area contributed by atoms with Crippen LogP contribution in [0.3, 0.4) is 0 Å². The summed E-state index contributed by atoms with van der Waals surface area (Å²) in [5, 5.41) is 9.51. The normalized spacial score (nSPS) is 16.2. The Balaban J connectivity index is 2.28. The summed E-state index contributed by atoms with van der Waals surface area (Å²) in [6.07, 6.45) is 3.72. The molecule has 3 rings (SSSR count). The van der Waals surface area contributed by atoms with Gasteiger partial charge in [0.15, 0.2) is 5.43 Å². The first-order valence-electron chi connectivity index (χ1n) is 10.1. The smallest absolute Gasteiger partial charge is 0.341 e. The van der Waals surface area contributed by atoms with Crippen molar-refractivity contribution in [1.29, 1.82) is 0 Å². The van der Waals surface area contributed by atoms with Crippen LogP contribution >= 0.6 is 11.6 Å². The second-order valence-electron chi connectivity index (χ2n) is 8.81. The molecule has 1 aliphatic heterocycles. The summed E-state index contributed by atoms with van der Waals surface area (Å²) in [7, 11) is 1.57. The van der Waals surface area contributed by atoms with Gasteiger partial charge < -0.3 is 14.4 Å². The Labute approximate surface area is 191 Å². The number of methoxy groups -OCH3 is 1. The van der Waals surface area contributed by atoms with Gasteiger partial charge in [-0.2, -0.15) is 0 Å². The maximum absolute atomic E-state index is 12.5. The molecule has 168 valence electrons. The van der Waals surface area contributed by atoms with E-state index in [2.05, 4.69) is 37.5 Å². The second kappa shape index (κ2) is 8.74. The van der Waals surface area contributed by atoms with Gasteiger partial charge in [-0.3, -0.25) is 4.79 Å². The molecule has 0 aliphatic carbocycles. The van der Waals surface area contributed by atoms with Gasteiger partial charge in [0.25, 0.3) is 0 Å². The zero-order chi connectivity index (χ0) is 23.8. The van der Waals surface area contributed by atoms with Crippen LogP contribution in [0.2, 0.25) is 0 Å². The highest BCUT2D eigenvalue weighted by Crippen LogP contribution is 2.45. The lowest BCUT2D eigenvalue weighted by atomic mass is 9.78. The summed E-state index contributed by atoms with van der Waals surface area (Å²) in [4.78, 5) is 31.8. The van der Waals surface area contributed by atoms with E-state index >= 15 is 0 Å². The van der Waals surface area contributed by atoms with Gasteiger partial charge in [-0.05, 0) is 60.3 Å². The van der Waals surface area contributed by atoms with Crippen molar-refractivity contribution in [2.24, 2.45) is 15.4 Å². The van der Waals surface area contributed by atoms with E-state index in [1.165, 1.54) is 12.3 Å². The number of aromatic carboxylic acids is 1. The highest BCUT2D eigenvalue weighted by molar-refractivity contribution is 6.65. The molecule has 8 heteroatoms. The monoisotopic (exact) mass is 455 g/mol. The van der Waals surface area contributed by atoms with Crippen LogP contribution in [-0.4, -0.2) is 34.8 Å². The molecule has 1 N–H and O–H groups in total. The fraction of sp³-hybridized carbons (Fsp3) is 0.333. The Morgan fingerprint density at radius 1 is 1.31 bits per heavy atom. The van der Waals surface area contributed by atoms with Crippen LogP contribution in [0.1, 0.15) is 55.2 Å². The van der Waals surface area contributed by atoms with Crippen LogP contribution in [0.25, 0.3) is 16.8 Å². The molecule has 0 spiro atoms. The van der Waals surface area contributed by atoms with E-state index in [0.717, 1.165) is 22.3 Å². The minimum atomic E-state index is -1.23. The predicted octanol–water partition coefficient (Wildman–Crippen LogP) is 5.02. The Morgan fingerprint density at radius 3 is 2.56 bits per heavy atom. The molecule has 2 aromatic rings. The topological polar surface area (TPSA) is 93.2 Å². The van der Waals surface area contributed by atoms with Gasteiger partial charge in [0.1, 0.15) is 11.3 Å². The van der Waals surface area contributed by atoms with Crippen LogP contribution in [-0.2, 0) is 6.42 Å². The van der Waals surface area contributed by atoms with Gasteiger partial charge >= 0.3 is 5.97 Å². The molecule has 0 bridgehead atoms. The van der Waals surface area contributed by atoms with Crippen molar-refractivity contribution in [2.45, 2.75) is 40.2 Å². The number of aromatic nitrogens is 1. The highest BCUT2D eigenvalue weighted by atomic mass is 35.5. The summed E-state index contributed by atoms with van der Waals surface area (Å²) in [5.74, 6) is -0.628. The number of hydrogen-bond donors (Lipinski definition) is 1. The van der Waals surface area contributed by atoms with Crippen molar-refractivity contribution in [3.63, 3.8) is 0 Å². The summed E-state index contributed by atoms with van der Waals surface area (Å²) in [6.45, 7) is 11.5. The lowest BCUT2D eigenvalue weighted by molar-refractivity contribution is 0.0693. The molecule has 0 fully saturated rings. The Hall–Kier alpha value is -3.19. The number of allylic oxidation sites excluding steroid dienone is 1. The van der Waals surface area contributed by atoms with Crippen LogP contribution in [0.5, 0.6) is 5.75 Å². The minimum absolute atomic E-state index is 0.0385. The first kappa shape index (κ1) is 23.5. The molecule has 0 saturated heterocycles. The zero-order valence-electron chi connectivity index (χ0n) is 18.8. The number of nitrogens with zero attached hydrogens (tertiary/aromatic N) is 3. The van der Waals surface area contributed by atoms with E-state index in [-0.39, 0.29) is 22.3 Å². The number of rotatable bonds is 4. The highest BCUT2D eigenvalue weighted by Gasteiger charge is 2.34. The predicted molar refractivity (Wildman–Crippen MR) is 128 cm³/mol. The van der Waals surface area contributed by atoms with E-state index in [1.807, 2.05) is 23.6 Å². The van der Waals surface area contributed by atoms with Gasteiger partial charge in [0.05, 0.1) is 12.8 Å². The number of pyridine rings is 1. The summed E-state index contributed by atoms with van der Waals surface area (Å²) in [5.41, 5.74) is 3.26. The van der Waals surface area contributed by atoms with Gasteiger partial charge in [0.2, 0.25) is 5.29 Å². The minimum Gasteiger partial charge on any atom is -0.496 e. The average Bonchev–Trinajstić information content (AvgIpc) is 2.74. The molecule has 1 atom stereocenters. The van der Waals surface area contributed by atoms with Crippen molar-refractivity contribution in [3.8, 4) is 17.0 Å². The molecular formula is C24H26ClN3O4. The van der Waals surface area contributed by atoms with Crippen LogP contribution < -0.4 is 10.2 Å². The molecule has 0 radical (unpaired) electrons. The molecule has 0 saturated carbocycles. The van der Waals surface area contributed by atoms with E-state index in [0.29, 0.717) is 17.9 Å². The maximum atomic E-state index is 12.5. The Morgan fingerprint density at radius 2 is 2.00 bits per heavy atom. The number of carboxylic acid groups (broad SMARTS) is 1. The van der Waals surface area contributed by atoms with Gasteiger partial charge in [-0.25, -0.2) is 14.8 Å². The fourth-order valence-corrected chi connectivity index (χ4v) is 4.03. The van der Waals surface area contributed by atoms with E-state index < -0.39 is 11.4 Å². The number of amidine groups is 1. The van der Waals surface area contributed by atoms with Gasteiger partial charge in [-0.15, -0.1) is 0 Å². The average molecular weight is 456 g/mol. The third-order valence-electron chi connectivity index (χ3n) is 5.68. The number of hydrogen-bond acceptors (Lipinski definition) is 4. The lowest BCUT2D eigenvalue weighted by Gasteiger charge is -2.39. The molecule has 0 amide bonds. The zero-order valence-corrected chi connectivity index (χ0v) is 19.5. The quantitative estimate of drug-likeness (QED) is 0.398. The molecule has 32 heavy (non-hydrogen) atoms. The molecule has 1 aromatic heterocycles. The number of carbonyl (C=O) groups is 1. The first-order valence-corrected chi connectivity index (χ1v) is 10.4. The van der Waals surface area contributed by atoms with Crippen LogP contribution in [0, 0.1) is 5.41 Å². The van der Waals surface area contributed by atoms with Crippen molar-refractivity contribution >= 4 is 35.2 Å². The number of halogens is 1. The van der Waals surface area contributed by atoms with Crippen LogP contribution in [0.4, 0.5) is 0 Å². The number of fused-ring (bicyclic) bond motifs is 3. The maximum Gasteiger partial charge on any atom is 0.341 e. The molecule has 1 aliphatic rings. The molecule has 1 unspecified atom stereocenters. The summed E-state index contributed by atoms with van der Waals surface area (Å²) < 4.78 is 7.54. The largest absolute Gasteiger partial charge is 0.496 e. The first-order chi connectivity index (χ1) is 15.0. The molecule has 1 aromatic carbocycles. The van der Waals surface area contributed by atoms with Crippen molar-refractivity contribution < 1.29 is 14.6 Å². The lowest BCUT2D eigenvalue weighted by Crippen LogP contribution is -2.32. The third-order valence-corrected chi connectivity index (χ3v) is 5.90. The second-order valence-corrected chi connectivity index (χ2v) is 9.15. The number of aliphatic imine (C=N–C) groups is 2. The van der Waals surface area contributed by atoms with Gasteiger partial charge in [-0.1, -0.05) is 20.8 Å². The number of carboxylic acids is 1. The number of benzene rings is 1. The SMILES string of the molecule is C=NC(Cl)=N/C=C(\C)c1cc2c(cc1OC)-c1cc(=O)c(C(=O)O)cn1C(C(C)(C)C)C2.